The van der Waals surface area contributed by atoms with Crippen molar-refractivity contribution in [2.45, 2.75) is 77.8 Å². The maximum absolute atomic E-state index is 11.7. The van der Waals surface area contributed by atoms with Gasteiger partial charge in [0.1, 0.15) is 5.54 Å². The molecule has 0 aromatic heterocycles. The molecular formula is C16H29NO2. The van der Waals surface area contributed by atoms with Gasteiger partial charge in [-0.05, 0) is 63.3 Å². The van der Waals surface area contributed by atoms with E-state index in [1.165, 1.54) is 12.8 Å². The van der Waals surface area contributed by atoms with E-state index in [4.69, 9.17) is 0 Å². The number of carboxylic acid groups (broad SMARTS) is 1. The molecule has 1 heterocycles. The molecule has 0 amide bonds. The lowest BCUT2D eigenvalue weighted by Crippen LogP contribution is -2.61. The predicted molar refractivity (Wildman–Crippen MR) is 77.2 cm³/mol. The molecule has 0 aromatic rings. The fourth-order valence-electron chi connectivity index (χ4n) is 4.30. The van der Waals surface area contributed by atoms with Crippen molar-refractivity contribution < 1.29 is 9.90 Å². The van der Waals surface area contributed by atoms with Crippen LogP contribution in [0.1, 0.15) is 66.2 Å². The molecule has 2 fully saturated rings. The Balaban J connectivity index is 2.17. The summed E-state index contributed by atoms with van der Waals surface area (Å²) in [6.45, 7) is 9.88. The third-order valence-electron chi connectivity index (χ3n) is 5.46. The summed E-state index contributed by atoms with van der Waals surface area (Å²) in [6.07, 6.45) is 6.57. The van der Waals surface area contributed by atoms with Crippen molar-refractivity contribution in [2.75, 3.05) is 6.54 Å². The fourth-order valence-corrected chi connectivity index (χ4v) is 4.30. The summed E-state index contributed by atoms with van der Waals surface area (Å²) in [5, 5.41) is 9.65. The van der Waals surface area contributed by atoms with E-state index in [1.54, 1.807) is 0 Å². The summed E-state index contributed by atoms with van der Waals surface area (Å²) in [5.74, 6) is -0.0373. The second kappa shape index (κ2) is 5.08. The quantitative estimate of drug-likeness (QED) is 0.832. The molecule has 1 N–H and O–H groups in total. The summed E-state index contributed by atoms with van der Waals surface area (Å²) in [5.41, 5.74) is -0.218. The number of likely N-dealkylation sites (tertiary alicyclic amines) is 1. The Hall–Kier alpha value is -0.570. The Kier molecular flexibility index (Phi) is 3.97. The summed E-state index contributed by atoms with van der Waals surface area (Å²) >= 11 is 0. The molecule has 0 bridgehead atoms. The van der Waals surface area contributed by atoms with Crippen LogP contribution in [0.3, 0.4) is 0 Å². The molecule has 0 spiro atoms. The van der Waals surface area contributed by atoms with Gasteiger partial charge in [-0.25, -0.2) is 0 Å². The first-order valence-electron chi connectivity index (χ1n) is 7.76. The van der Waals surface area contributed by atoms with Crippen LogP contribution < -0.4 is 0 Å². The molecule has 0 aromatic carbocycles. The Morgan fingerprint density at radius 2 is 1.89 bits per heavy atom. The number of hydrogen-bond acceptors (Lipinski definition) is 2. The molecule has 1 aliphatic heterocycles. The minimum atomic E-state index is -0.640. The normalized spacial score (nSPS) is 40.0. The first-order valence-corrected chi connectivity index (χ1v) is 7.76. The van der Waals surface area contributed by atoms with Crippen LogP contribution in [0, 0.1) is 11.3 Å². The minimum absolute atomic E-state index is 0.422. The second-order valence-corrected chi connectivity index (χ2v) is 7.68. The van der Waals surface area contributed by atoms with E-state index in [1.807, 2.05) is 6.92 Å². The maximum Gasteiger partial charge on any atom is 0.323 e. The smallest absolute Gasteiger partial charge is 0.323 e. The molecule has 1 saturated heterocycles. The molecule has 19 heavy (non-hydrogen) atoms. The maximum atomic E-state index is 11.7. The van der Waals surface area contributed by atoms with E-state index in [0.717, 1.165) is 32.2 Å². The molecule has 3 heteroatoms. The standard InChI is InChI=1S/C16H29NO2/c1-12-11-15(2,3)9-7-13(12)17-10-6-5-8-16(17,4)14(18)19/h12-13H,5-11H2,1-4H3,(H,18,19). The Bertz CT molecular complexity index is 353. The molecule has 1 saturated carbocycles. The molecule has 2 rings (SSSR count). The number of nitrogens with zero attached hydrogens (tertiary/aromatic N) is 1. The lowest BCUT2D eigenvalue weighted by atomic mass is 9.69. The number of carbonyl (C=O) groups is 1. The van der Waals surface area contributed by atoms with Crippen LogP contribution in [-0.4, -0.2) is 34.1 Å². The molecule has 3 unspecified atom stereocenters. The molecule has 3 nitrogen and oxygen atoms in total. The third-order valence-corrected chi connectivity index (χ3v) is 5.46. The predicted octanol–water partition coefficient (Wildman–Crippen LogP) is 3.53. The average molecular weight is 267 g/mol. The summed E-state index contributed by atoms with van der Waals surface area (Å²) in [7, 11) is 0. The summed E-state index contributed by atoms with van der Waals surface area (Å²) in [6, 6.07) is 0.453. The van der Waals surface area contributed by atoms with Crippen molar-refractivity contribution in [1.82, 2.24) is 4.90 Å². The molecule has 0 radical (unpaired) electrons. The van der Waals surface area contributed by atoms with Gasteiger partial charge in [-0.1, -0.05) is 20.8 Å². The zero-order chi connectivity index (χ0) is 14.3. The van der Waals surface area contributed by atoms with E-state index in [0.29, 0.717) is 17.4 Å². The Morgan fingerprint density at radius 3 is 2.47 bits per heavy atom. The van der Waals surface area contributed by atoms with Gasteiger partial charge < -0.3 is 5.11 Å². The van der Waals surface area contributed by atoms with Crippen LogP contribution >= 0.6 is 0 Å². The average Bonchev–Trinajstić information content (AvgIpc) is 2.29. The largest absolute Gasteiger partial charge is 0.480 e. The van der Waals surface area contributed by atoms with Crippen molar-refractivity contribution in [2.24, 2.45) is 11.3 Å². The summed E-state index contributed by atoms with van der Waals surface area (Å²) < 4.78 is 0. The van der Waals surface area contributed by atoms with Gasteiger partial charge in [-0.2, -0.15) is 0 Å². The molecule has 110 valence electrons. The monoisotopic (exact) mass is 267 g/mol. The van der Waals surface area contributed by atoms with E-state index in [-0.39, 0.29) is 0 Å². The summed E-state index contributed by atoms with van der Waals surface area (Å²) in [4.78, 5) is 14.0. The zero-order valence-corrected chi connectivity index (χ0v) is 12.9. The van der Waals surface area contributed by atoms with Crippen LogP contribution in [0.5, 0.6) is 0 Å². The highest BCUT2D eigenvalue weighted by Gasteiger charge is 2.47. The number of hydrogen-bond donors (Lipinski definition) is 1. The number of rotatable bonds is 2. The lowest BCUT2D eigenvalue weighted by molar-refractivity contribution is -0.157. The highest BCUT2D eigenvalue weighted by atomic mass is 16.4. The van der Waals surface area contributed by atoms with Crippen LogP contribution in [0.15, 0.2) is 0 Å². The van der Waals surface area contributed by atoms with Crippen molar-refractivity contribution >= 4 is 5.97 Å². The van der Waals surface area contributed by atoms with Gasteiger partial charge in [0.15, 0.2) is 0 Å². The van der Waals surface area contributed by atoms with Crippen molar-refractivity contribution in [3.8, 4) is 0 Å². The Labute approximate surface area is 117 Å². The molecule has 2 aliphatic rings. The van der Waals surface area contributed by atoms with E-state index in [2.05, 4.69) is 25.7 Å². The first-order chi connectivity index (χ1) is 8.76. The first kappa shape index (κ1) is 14.8. The van der Waals surface area contributed by atoms with Crippen LogP contribution in [-0.2, 0) is 4.79 Å². The topological polar surface area (TPSA) is 40.5 Å². The van der Waals surface area contributed by atoms with Gasteiger partial charge >= 0.3 is 5.97 Å². The number of carboxylic acids is 1. The fraction of sp³-hybridized carbons (Fsp3) is 0.938. The lowest BCUT2D eigenvalue weighted by Gasteiger charge is -2.51. The van der Waals surface area contributed by atoms with Gasteiger partial charge in [0, 0.05) is 6.04 Å². The van der Waals surface area contributed by atoms with Crippen LogP contribution in [0.2, 0.25) is 0 Å². The van der Waals surface area contributed by atoms with Crippen LogP contribution in [0.4, 0.5) is 0 Å². The van der Waals surface area contributed by atoms with Gasteiger partial charge in [-0.15, -0.1) is 0 Å². The number of piperidine rings is 1. The molecular weight excluding hydrogens is 238 g/mol. The van der Waals surface area contributed by atoms with Crippen molar-refractivity contribution in [3.05, 3.63) is 0 Å². The van der Waals surface area contributed by atoms with Crippen LogP contribution in [0.25, 0.3) is 0 Å². The highest BCUT2D eigenvalue weighted by Crippen LogP contribution is 2.43. The van der Waals surface area contributed by atoms with E-state index in [9.17, 15) is 9.90 Å². The zero-order valence-electron chi connectivity index (χ0n) is 12.9. The van der Waals surface area contributed by atoms with E-state index >= 15 is 0 Å². The van der Waals surface area contributed by atoms with E-state index < -0.39 is 11.5 Å². The SMILES string of the molecule is CC1CC(C)(C)CCC1N1CCCCC1(C)C(=O)O. The second-order valence-electron chi connectivity index (χ2n) is 7.68. The van der Waals surface area contributed by atoms with Gasteiger partial charge in [0.05, 0.1) is 0 Å². The highest BCUT2D eigenvalue weighted by molar-refractivity contribution is 5.78. The van der Waals surface area contributed by atoms with Gasteiger partial charge in [0.25, 0.3) is 0 Å². The van der Waals surface area contributed by atoms with Crippen molar-refractivity contribution in [3.63, 3.8) is 0 Å². The van der Waals surface area contributed by atoms with Gasteiger partial charge in [0.2, 0.25) is 0 Å². The number of aliphatic carboxylic acids is 1. The molecule has 1 aliphatic carbocycles. The minimum Gasteiger partial charge on any atom is -0.480 e. The third kappa shape index (κ3) is 2.81. The van der Waals surface area contributed by atoms with Crippen molar-refractivity contribution in [1.29, 1.82) is 0 Å². The molecule has 3 atom stereocenters. The Morgan fingerprint density at radius 1 is 1.21 bits per heavy atom. The van der Waals surface area contributed by atoms with Gasteiger partial charge in [-0.3, -0.25) is 9.69 Å².